The van der Waals surface area contributed by atoms with Crippen LogP contribution in [0.2, 0.25) is 0 Å². The number of phenols is 1. The van der Waals surface area contributed by atoms with Gasteiger partial charge >= 0.3 is 0 Å². The van der Waals surface area contributed by atoms with Gasteiger partial charge in [0.1, 0.15) is 17.4 Å². The van der Waals surface area contributed by atoms with Crippen LogP contribution >= 0.6 is 0 Å². The summed E-state index contributed by atoms with van der Waals surface area (Å²) in [7, 11) is 1.82. The second-order valence-electron chi connectivity index (χ2n) is 4.40. The molecule has 0 aliphatic heterocycles. The minimum absolute atomic E-state index is 0.287. The second-order valence-corrected chi connectivity index (χ2v) is 4.40. The molecule has 2 heterocycles. The molecular formula is C14H14N4O. The Morgan fingerprint density at radius 1 is 1.16 bits per heavy atom. The maximum Gasteiger partial charge on any atom is 0.180 e. The number of aromatic hydroxyl groups is 1. The lowest BCUT2D eigenvalue weighted by molar-refractivity contribution is 0.471. The van der Waals surface area contributed by atoms with Gasteiger partial charge in [-0.2, -0.15) is 0 Å². The molecule has 0 atom stereocenters. The van der Waals surface area contributed by atoms with Crippen molar-refractivity contribution in [2.45, 2.75) is 6.92 Å². The molecule has 1 aromatic carbocycles. The summed E-state index contributed by atoms with van der Waals surface area (Å²) >= 11 is 0. The second kappa shape index (κ2) is 4.28. The smallest absolute Gasteiger partial charge is 0.180 e. The van der Waals surface area contributed by atoms with Crippen LogP contribution in [-0.2, 0) is 0 Å². The molecule has 3 aromatic rings. The molecule has 3 rings (SSSR count). The summed E-state index contributed by atoms with van der Waals surface area (Å²) in [6, 6.07) is 9.24. The maximum atomic E-state index is 9.55. The van der Waals surface area contributed by atoms with E-state index in [1.165, 1.54) is 0 Å². The Kier molecular flexibility index (Phi) is 2.59. The molecule has 0 saturated carbocycles. The Morgan fingerprint density at radius 3 is 2.74 bits per heavy atom. The molecule has 19 heavy (non-hydrogen) atoms. The Balaban J connectivity index is 2.11. The molecule has 0 saturated heterocycles. The highest BCUT2D eigenvalue weighted by atomic mass is 16.3. The minimum atomic E-state index is 0.287. The number of nitrogens with zero attached hydrogens (tertiary/aromatic N) is 2. The first-order chi connectivity index (χ1) is 9.17. The zero-order valence-electron chi connectivity index (χ0n) is 10.7. The Labute approximate surface area is 110 Å². The number of hydrogen-bond acceptors (Lipinski definition) is 4. The molecule has 3 N–H and O–H groups in total. The zero-order chi connectivity index (χ0) is 13.4. The van der Waals surface area contributed by atoms with E-state index in [4.69, 9.17) is 0 Å². The van der Waals surface area contributed by atoms with E-state index in [2.05, 4.69) is 20.3 Å². The highest BCUT2D eigenvalue weighted by Crippen LogP contribution is 2.25. The normalized spacial score (nSPS) is 10.8. The van der Waals surface area contributed by atoms with Gasteiger partial charge in [0.15, 0.2) is 5.65 Å². The molecule has 0 fully saturated rings. The summed E-state index contributed by atoms with van der Waals surface area (Å²) < 4.78 is 0. The van der Waals surface area contributed by atoms with Gasteiger partial charge in [-0.1, -0.05) is 0 Å². The number of aromatic amines is 1. The Hall–Kier alpha value is -2.56. The third-order valence-corrected chi connectivity index (χ3v) is 3.07. The molecule has 5 heteroatoms. The molecule has 0 aliphatic rings. The minimum Gasteiger partial charge on any atom is -0.508 e. The van der Waals surface area contributed by atoms with Crippen LogP contribution in [0, 0.1) is 6.92 Å². The van der Waals surface area contributed by atoms with Crippen molar-refractivity contribution in [2.75, 3.05) is 12.4 Å². The van der Waals surface area contributed by atoms with Crippen LogP contribution in [0.4, 0.5) is 5.82 Å². The lowest BCUT2D eigenvalue weighted by Gasteiger charge is -2.00. The van der Waals surface area contributed by atoms with E-state index < -0.39 is 0 Å². The molecule has 0 bridgehead atoms. The predicted molar refractivity (Wildman–Crippen MR) is 75.3 cm³/mol. The van der Waals surface area contributed by atoms with Crippen molar-refractivity contribution >= 4 is 17.0 Å². The average Bonchev–Trinajstić information content (AvgIpc) is 2.84. The highest BCUT2D eigenvalue weighted by molar-refractivity contribution is 5.77. The van der Waals surface area contributed by atoms with Gasteiger partial charge in [0, 0.05) is 12.6 Å². The number of H-pyrrole nitrogens is 1. The van der Waals surface area contributed by atoms with Crippen molar-refractivity contribution in [1.29, 1.82) is 0 Å². The van der Waals surface area contributed by atoms with Gasteiger partial charge < -0.3 is 15.4 Å². The van der Waals surface area contributed by atoms with Crippen molar-refractivity contribution < 1.29 is 5.11 Å². The Morgan fingerprint density at radius 2 is 2.00 bits per heavy atom. The molecule has 0 amide bonds. The number of nitrogens with one attached hydrogen (secondary N) is 2. The number of pyridine rings is 1. The molecular weight excluding hydrogens is 240 g/mol. The van der Waals surface area contributed by atoms with Crippen LogP contribution in [0.3, 0.4) is 0 Å². The molecule has 2 aromatic heterocycles. The molecule has 5 nitrogen and oxygen atoms in total. The Bertz CT molecular complexity index is 748. The maximum absolute atomic E-state index is 9.55. The topological polar surface area (TPSA) is 73.8 Å². The van der Waals surface area contributed by atoms with E-state index in [1.54, 1.807) is 6.07 Å². The quantitative estimate of drug-likeness (QED) is 0.657. The van der Waals surface area contributed by atoms with Crippen LogP contribution in [0.5, 0.6) is 5.75 Å². The summed E-state index contributed by atoms with van der Waals surface area (Å²) in [6.45, 7) is 1.86. The van der Waals surface area contributed by atoms with E-state index in [-0.39, 0.29) is 5.75 Å². The van der Waals surface area contributed by atoms with Crippen LogP contribution in [0.25, 0.3) is 22.6 Å². The van der Waals surface area contributed by atoms with Crippen molar-refractivity contribution in [2.24, 2.45) is 0 Å². The fourth-order valence-electron chi connectivity index (χ4n) is 1.97. The van der Waals surface area contributed by atoms with Crippen molar-refractivity contribution in [3.63, 3.8) is 0 Å². The fourth-order valence-corrected chi connectivity index (χ4v) is 1.97. The van der Waals surface area contributed by atoms with Gasteiger partial charge in [-0.25, -0.2) is 9.97 Å². The number of imidazole rings is 1. The van der Waals surface area contributed by atoms with Crippen LogP contribution in [-0.4, -0.2) is 27.1 Å². The predicted octanol–water partition coefficient (Wildman–Crippen LogP) is 2.68. The lowest BCUT2D eigenvalue weighted by atomic mass is 10.1. The zero-order valence-corrected chi connectivity index (χ0v) is 10.7. The first-order valence-electron chi connectivity index (χ1n) is 6.02. The number of phenolic OH excluding ortho intramolecular Hbond substituents is 1. The first-order valence-corrected chi connectivity index (χ1v) is 6.02. The highest BCUT2D eigenvalue weighted by Gasteiger charge is 2.08. The summed E-state index contributed by atoms with van der Waals surface area (Å²) in [5.74, 6) is 1.82. The van der Waals surface area contributed by atoms with Crippen LogP contribution in [0.1, 0.15) is 5.56 Å². The van der Waals surface area contributed by atoms with Gasteiger partial charge in [-0.05, 0) is 42.8 Å². The van der Waals surface area contributed by atoms with Gasteiger partial charge in [-0.3, -0.25) is 0 Å². The number of anilines is 1. The van der Waals surface area contributed by atoms with E-state index in [0.717, 1.165) is 28.3 Å². The monoisotopic (exact) mass is 254 g/mol. The number of fused-ring (bicyclic) bond motifs is 1. The average molecular weight is 254 g/mol. The van der Waals surface area contributed by atoms with E-state index >= 15 is 0 Å². The van der Waals surface area contributed by atoms with Gasteiger partial charge in [-0.15, -0.1) is 0 Å². The van der Waals surface area contributed by atoms with Crippen molar-refractivity contribution in [1.82, 2.24) is 15.0 Å². The molecule has 0 aliphatic carbocycles. The lowest BCUT2D eigenvalue weighted by Crippen LogP contribution is -1.91. The van der Waals surface area contributed by atoms with Crippen molar-refractivity contribution in [3.05, 3.63) is 35.9 Å². The van der Waals surface area contributed by atoms with Gasteiger partial charge in [0.05, 0.1) is 5.52 Å². The molecule has 96 valence electrons. The summed E-state index contributed by atoms with van der Waals surface area (Å²) in [4.78, 5) is 12.1. The standard InChI is InChI=1S/C14H14N4O/c1-8-7-9(3-5-11(8)19)13-16-10-4-6-12(15-2)17-14(10)18-13/h3-7,19H,1-2H3,(H2,15,16,17,18). The number of benzene rings is 1. The van der Waals surface area contributed by atoms with Crippen LogP contribution < -0.4 is 5.32 Å². The number of hydrogen-bond donors (Lipinski definition) is 3. The number of aromatic nitrogens is 3. The van der Waals surface area contributed by atoms with E-state index in [1.807, 2.05) is 38.2 Å². The third kappa shape index (κ3) is 1.99. The van der Waals surface area contributed by atoms with Crippen LogP contribution in [0.15, 0.2) is 30.3 Å². The number of aryl methyl sites for hydroxylation is 1. The van der Waals surface area contributed by atoms with E-state index in [9.17, 15) is 5.11 Å². The largest absolute Gasteiger partial charge is 0.508 e. The molecule has 0 spiro atoms. The third-order valence-electron chi connectivity index (χ3n) is 3.07. The van der Waals surface area contributed by atoms with Gasteiger partial charge in [0.2, 0.25) is 0 Å². The van der Waals surface area contributed by atoms with E-state index in [0.29, 0.717) is 5.65 Å². The summed E-state index contributed by atoms with van der Waals surface area (Å²) in [5.41, 5.74) is 3.31. The number of rotatable bonds is 2. The van der Waals surface area contributed by atoms with Crippen molar-refractivity contribution in [3.8, 4) is 17.1 Å². The SMILES string of the molecule is CNc1ccc2[nH]c(-c3ccc(O)c(C)c3)nc2n1. The summed E-state index contributed by atoms with van der Waals surface area (Å²) in [5, 5.41) is 12.5. The fraction of sp³-hybridized carbons (Fsp3) is 0.143. The summed E-state index contributed by atoms with van der Waals surface area (Å²) in [6.07, 6.45) is 0. The van der Waals surface area contributed by atoms with Gasteiger partial charge in [0.25, 0.3) is 0 Å². The molecule has 0 radical (unpaired) electrons. The molecule has 0 unspecified atom stereocenters. The first kappa shape index (κ1) is 11.5.